The zero-order valence-corrected chi connectivity index (χ0v) is 13.6. The van der Waals surface area contributed by atoms with Crippen molar-refractivity contribution < 1.29 is 17.6 Å². The Kier molecular flexibility index (Phi) is 5.18. The number of benzene rings is 1. The van der Waals surface area contributed by atoms with Crippen molar-refractivity contribution in [2.45, 2.75) is 24.8 Å². The Morgan fingerprint density at radius 1 is 1.41 bits per heavy atom. The van der Waals surface area contributed by atoms with Crippen molar-refractivity contribution in [3.63, 3.8) is 0 Å². The van der Waals surface area contributed by atoms with E-state index in [4.69, 9.17) is 0 Å². The van der Waals surface area contributed by atoms with Crippen LogP contribution in [0.5, 0.6) is 0 Å². The molecule has 7 heteroatoms. The Morgan fingerprint density at radius 3 is 2.64 bits per heavy atom. The zero-order chi connectivity index (χ0) is 16.3. The van der Waals surface area contributed by atoms with Crippen LogP contribution in [-0.2, 0) is 14.6 Å². The van der Waals surface area contributed by atoms with Gasteiger partial charge in [0.2, 0.25) is 5.91 Å². The monoisotopic (exact) mass is 328 g/mol. The molecule has 1 aromatic carbocycles. The first-order valence-corrected chi connectivity index (χ1v) is 8.95. The van der Waals surface area contributed by atoms with Gasteiger partial charge in [-0.2, -0.15) is 0 Å². The minimum Gasteiger partial charge on any atom is -0.340 e. The highest BCUT2D eigenvalue weighted by atomic mass is 32.2. The van der Waals surface area contributed by atoms with Crippen LogP contribution in [0.25, 0.3) is 0 Å². The molecule has 1 heterocycles. The second kappa shape index (κ2) is 6.75. The van der Waals surface area contributed by atoms with Crippen LogP contribution in [0.15, 0.2) is 29.2 Å². The summed E-state index contributed by atoms with van der Waals surface area (Å²) in [6, 6.07) is 4.89. The fraction of sp³-hybridized carbons (Fsp3) is 0.533. The molecule has 1 saturated heterocycles. The lowest BCUT2D eigenvalue weighted by atomic mass is 10.1. The predicted molar refractivity (Wildman–Crippen MR) is 81.7 cm³/mol. The number of sulfone groups is 1. The van der Waals surface area contributed by atoms with Gasteiger partial charge in [-0.25, -0.2) is 12.8 Å². The molecule has 2 atom stereocenters. The molecule has 122 valence electrons. The standard InChI is InChI=1S/C15H21FN2O3S/c1-11(15(19)18-8-7-17-12(2)9-18)10-22(20,21)14-5-3-13(16)4-6-14/h3-6,11-12,17H,7-10H2,1-2H3. The van der Waals surface area contributed by atoms with E-state index < -0.39 is 21.6 Å². The van der Waals surface area contributed by atoms with Crippen molar-refractivity contribution in [3.05, 3.63) is 30.1 Å². The van der Waals surface area contributed by atoms with Gasteiger partial charge >= 0.3 is 0 Å². The lowest BCUT2D eigenvalue weighted by Gasteiger charge is -2.33. The predicted octanol–water partition coefficient (Wildman–Crippen LogP) is 1.06. The highest BCUT2D eigenvalue weighted by Gasteiger charge is 2.28. The van der Waals surface area contributed by atoms with Crippen LogP contribution in [-0.4, -0.2) is 50.7 Å². The summed E-state index contributed by atoms with van der Waals surface area (Å²) >= 11 is 0. The Labute approximate surface area is 130 Å². The first-order valence-electron chi connectivity index (χ1n) is 7.30. The Bertz CT molecular complexity index is 631. The van der Waals surface area contributed by atoms with Gasteiger partial charge in [-0.1, -0.05) is 6.92 Å². The summed E-state index contributed by atoms with van der Waals surface area (Å²) in [4.78, 5) is 14.1. The van der Waals surface area contributed by atoms with Gasteiger partial charge in [0.25, 0.3) is 0 Å². The summed E-state index contributed by atoms with van der Waals surface area (Å²) in [5, 5.41) is 3.24. The van der Waals surface area contributed by atoms with Gasteiger partial charge in [0, 0.05) is 31.6 Å². The maximum Gasteiger partial charge on any atom is 0.226 e. The minimum atomic E-state index is -3.60. The average molecular weight is 328 g/mol. The molecule has 1 N–H and O–H groups in total. The van der Waals surface area contributed by atoms with Gasteiger partial charge in [0.05, 0.1) is 10.6 Å². The van der Waals surface area contributed by atoms with Gasteiger partial charge in [0.15, 0.2) is 9.84 Å². The summed E-state index contributed by atoms with van der Waals surface area (Å²) in [6.45, 7) is 5.49. The van der Waals surface area contributed by atoms with Crippen LogP contribution in [0.4, 0.5) is 4.39 Å². The quantitative estimate of drug-likeness (QED) is 0.839. The Balaban J connectivity index is 2.05. The molecular weight excluding hydrogens is 307 g/mol. The molecule has 0 aromatic heterocycles. The van der Waals surface area contributed by atoms with Gasteiger partial charge in [-0.05, 0) is 31.2 Å². The van der Waals surface area contributed by atoms with Crippen molar-refractivity contribution in [2.24, 2.45) is 5.92 Å². The summed E-state index contributed by atoms with van der Waals surface area (Å²) in [5.74, 6) is -1.53. The van der Waals surface area contributed by atoms with E-state index >= 15 is 0 Å². The molecule has 0 aliphatic carbocycles. The van der Waals surface area contributed by atoms with Crippen molar-refractivity contribution >= 4 is 15.7 Å². The lowest BCUT2D eigenvalue weighted by Crippen LogP contribution is -2.53. The Hall–Kier alpha value is -1.47. The van der Waals surface area contributed by atoms with E-state index in [1.54, 1.807) is 11.8 Å². The molecule has 0 radical (unpaired) electrons. The topological polar surface area (TPSA) is 66.5 Å². The molecule has 2 unspecified atom stereocenters. The number of nitrogens with one attached hydrogen (secondary N) is 1. The van der Waals surface area contributed by atoms with Crippen LogP contribution in [0.1, 0.15) is 13.8 Å². The molecule has 22 heavy (non-hydrogen) atoms. The van der Waals surface area contributed by atoms with E-state index in [1.165, 1.54) is 12.1 Å². The average Bonchev–Trinajstić information content (AvgIpc) is 2.46. The van der Waals surface area contributed by atoms with E-state index in [1.807, 2.05) is 6.92 Å². The SMILES string of the molecule is CC1CN(C(=O)C(C)CS(=O)(=O)c2ccc(F)cc2)CCN1. The van der Waals surface area contributed by atoms with Gasteiger partial charge in [-0.15, -0.1) is 0 Å². The van der Waals surface area contributed by atoms with Crippen molar-refractivity contribution in [1.29, 1.82) is 0 Å². The van der Waals surface area contributed by atoms with E-state index in [0.717, 1.165) is 12.1 Å². The number of piperazine rings is 1. The number of rotatable bonds is 4. The highest BCUT2D eigenvalue weighted by Crippen LogP contribution is 2.17. The number of carbonyl (C=O) groups is 1. The first kappa shape index (κ1) is 16.9. The number of hydrogen-bond donors (Lipinski definition) is 1. The van der Waals surface area contributed by atoms with E-state index in [0.29, 0.717) is 19.6 Å². The number of amides is 1. The molecule has 1 aliphatic heterocycles. The van der Waals surface area contributed by atoms with Gasteiger partial charge in [0.1, 0.15) is 5.82 Å². The zero-order valence-electron chi connectivity index (χ0n) is 12.8. The molecular formula is C15H21FN2O3S. The molecule has 0 bridgehead atoms. The number of nitrogens with zero attached hydrogens (tertiary/aromatic N) is 1. The largest absolute Gasteiger partial charge is 0.340 e. The highest BCUT2D eigenvalue weighted by molar-refractivity contribution is 7.91. The fourth-order valence-corrected chi connectivity index (χ4v) is 4.13. The van der Waals surface area contributed by atoms with Crippen LogP contribution in [0.3, 0.4) is 0 Å². The molecule has 1 aromatic rings. The smallest absolute Gasteiger partial charge is 0.226 e. The maximum absolute atomic E-state index is 12.9. The van der Waals surface area contributed by atoms with E-state index in [2.05, 4.69) is 5.32 Å². The summed E-state index contributed by atoms with van der Waals surface area (Å²) in [7, 11) is -3.60. The minimum absolute atomic E-state index is 0.0437. The van der Waals surface area contributed by atoms with Gasteiger partial charge < -0.3 is 10.2 Å². The molecule has 1 fully saturated rings. The lowest BCUT2D eigenvalue weighted by molar-refractivity contribution is -0.135. The molecule has 2 rings (SSSR count). The first-order chi connectivity index (χ1) is 10.3. The third-order valence-electron chi connectivity index (χ3n) is 3.74. The van der Waals surface area contributed by atoms with Crippen molar-refractivity contribution in [1.82, 2.24) is 10.2 Å². The summed E-state index contributed by atoms with van der Waals surface area (Å²) in [5.41, 5.74) is 0. The van der Waals surface area contributed by atoms with Crippen molar-refractivity contribution in [2.75, 3.05) is 25.4 Å². The van der Waals surface area contributed by atoms with E-state index in [-0.39, 0.29) is 22.6 Å². The molecule has 5 nitrogen and oxygen atoms in total. The third kappa shape index (κ3) is 4.04. The molecule has 0 spiro atoms. The second-order valence-electron chi connectivity index (χ2n) is 5.78. The summed E-state index contributed by atoms with van der Waals surface area (Å²) in [6.07, 6.45) is 0. The maximum atomic E-state index is 12.9. The van der Waals surface area contributed by atoms with Gasteiger partial charge in [-0.3, -0.25) is 4.79 Å². The molecule has 1 aliphatic rings. The number of halogens is 1. The number of hydrogen-bond acceptors (Lipinski definition) is 4. The summed E-state index contributed by atoms with van der Waals surface area (Å²) < 4.78 is 37.5. The normalized spacial score (nSPS) is 20.7. The third-order valence-corrected chi connectivity index (χ3v) is 5.67. The fourth-order valence-electron chi connectivity index (χ4n) is 2.58. The van der Waals surface area contributed by atoms with Crippen LogP contribution < -0.4 is 5.32 Å². The van der Waals surface area contributed by atoms with Crippen molar-refractivity contribution in [3.8, 4) is 0 Å². The Morgan fingerprint density at radius 2 is 2.05 bits per heavy atom. The van der Waals surface area contributed by atoms with Crippen LogP contribution >= 0.6 is 0 Å². The molecule has 0 saturated carbocycles. The van der Waals surface area contributed by atoms with Crippen LogP contribution in [0, 0.1) is 11.7 Å². The van der Waals surface area contributed by atoms with E-state index in [9.17, 15) is 17.6 Å². The van der Waals surface area contributed by atoms with Crippen LogP contribution in [0.2, 0.25) is 0 Å². The number of carbonyl (C=O) groups excluding carboxylic acids is 1. The second-order valence-corrected chi connectivity index (χ2v) is 7.81. The molecule has 1 amide bonds.